The van der Waals surface area contributed by atoms with Gasteiger partial charge in [-0.2, -0.15) is 0 Å². The molecule has 0 aliphatic rings. The van der Waals surface area contributed by atoms with Crippen LogP contribution in [0.3, 0.4) is 0 Å². The Kier molecular flexibility index (Phi) is 68.1. The molecule has 0 fully saturated rings. The number of phosphoric ester groups is 2. The van der Waals surface area contributed by atoms with E-state index < -0.39 is 97.5 Å². The summed E-state index contributed by atoms with van der Waals surface area (Å²) >= 11 is 0. The van der Waals surface area contributed by atoms with Crippen LogP contribution in [-0.2, 0) is 65.4 Å². The summed E-state index contributed by atoms with van der Waals surface area (Å²) < 4.78 is 68.6. The van der Waals surface area contributed by atoms with E-state index in [-0.39, 0.29) is 25.7 Å². The highest BCUT2D eigenvalue weighted by Gasteiger charge is 2.30. The minimum absolute atomic E-state index is 0.106. The standard InChI is InChI=1S/C79H154O17P2/c1-8-10-11-12-13-14-15-16-19-23-28-33-38-46-53-60-76(81)89-66-74(95-78(83)62-55-48-39-34-29-24-21-18-17-20-22-26-31-36-43-50-57-70(3)4)68-93-97(85,86)91-64-73(80)65-92-98(87,88)94-69-75(67-90-77(82)61-54-47-42-41-45-52-59-72(7)9-2)96-79(84)63-56-49-40-35-30-25-27-32-37-44-51-58-71(5)6/h70-75,80H,8-69H2,1-7H3,(H,85,86)(H,87,88)/t72?,73-,74-,75-/m1/s1. The molecular formula is C79H154O17P2. The first-order valence-electron chi connectivity index (χ1n) is 40.9. The van der Waals surface area contributed by atoms with Gasteiger partial charge in [-0.05, 0) is 43.4 Å². The lowest BCUT2D eigenvalue weighted by Crippen LogP contribution is -2.30. The summed E-state index contributed by atoms with van der Waals surface area (Å²) in [5, 5.41) is 10.6. The van der Waals surface area contributed by atoms with E-state index in [0.717, 1.165) is 114 Å². The smallest absolute Gasteiger partial charge is 0.462 e. The molecule has 98 heavy (non-hydrogen) atoms. The van der Waals surface area contributed by atoms with Crippen LogP contribution in [0.4, 0.5) is 0 Å². The van der Waals surface area contributed by atoms with Gasteiger partial charge in [0.1, 0.15) is 19.3 Å². The Bertz CT molecular complexity index is 1910. The molecule has 0 radical (unpaired) electrons. The molecule has 0 saturated heterocycles. The molecule has 0 saturated carbocycles. The maximum atomic E-state index is 13.1. The number of hydrogen-bond donors (Lipinski definition) is 3. The second-order valence-corrected chi connectivity index (χ2v) is 32.6. The van der Waals surface area contributed by atoms with Crippen LogP contribution in [0.2, 0.25) is 0 Å². The van der Waals surface area contributed by atoms with E-state index in [1.807, 2.05) is 0 Å². The van der Waals surface area contributed by atoms with Crippen molar-refractivity contribution in [1.29, 1.82) is 0 Å². The number of aliphatic hydroxyl groups excluding tert-OH is 1. The van der Waals surface area contributed by atoms with Gasteiger partial charge in [-0.3, -0.25) is 37.3 Å². The molecule has 0 aliphatic heterocycles. The lowest BCUT2D eigenvalue weighted by molar-refractivity contribution is -0.161. The van der Waals surface area contributed by atoms with Crippen molar-refractivity contribution in [2.75, 3.05) is 39.6 Å². The highest BCUT2D eigenvalue weighted by atomic mass is 31.2. The Morgan fingerprint density at radius 1 is 0.296 bits per heavy atom. The quantitative estimate of drug-likeness (QED) is 0.0222. The van der Waals surface area contributed by atoms with E-state index in [9.17, 15) is 43.2 Å². The molecule has 0 heterocycles. The van der Waals surface area contributed by atoms with Gasteiger partial charge >= 0.3 is 39.5 Å². The molecule has 582 valence electrons. The van der Waals surface area contributed by atoms with Gasteiger partial charge in [0.25, 0.3) is 0 Å². The summed E-state index contributed by atoms with van der Waals surface area (Å²) in [5.74, 6) is 0.192. The number of rotatable bonds is 77. The van der Waals surface area contributed by atoms with Crippen molar-refractivity contribution < 1.29 is 80.2 Å². The molecule has 0 amide bonds. The highest BCUT2D eigenvalue weighted by Crippen LogP contribution is 2.45. The second kappa shape index (κ2) is 69.4. The van der Waals surface area contributed by atoms with Crippen molar-refractivity contribution in [3.8, 4) is 0 Å². The zero-order chi connectivity index (χ0) is 72.3. The van der Waals surface area contributed by atoms with Crippen molar-refractivity contribution >= 4 is 39.5 Å². The van der Waals surface area contributed by atoms with Gasteiger partial charge in [-0.15, -0.1) is 0 Å². The summed E-state index contributed by atoms with van der Waals surface area (Å²) in [5.41, 5.74) is 0. The Morgan fingerprint density at radius 2 is 0.520 bits per heavy atom. The fraction of sp³-hybridized carbons (Fsp3) is 0.949. The number of ether oxygens (including phenoxy) is 4. The van der Waals surface area contributed by atoms with Crippen LogP contribution in [0.1, 0.15) is 408 Å². The summed E-state index contributed by atoms with van der Waals surface area (Å²) in [7, 11) is -9.92. The van der Waals surface area contributed by atoms with Crippen molar-refractivity contribution in [3.05, 3.63) is 0 Å². The molecule has 19 heteroatoms. The van der Waals surface area contributed by atoms with Crippen molar-refractivity contribution in [2.45, 2.75) is 426 Å². The van der Waals surface area contributed by atoms with Crippen LogP contribution >= 0.6 is 15.6 Å². The van der Waals surface area contributed by atoms with Gasteiger partial charge in [0.05, 0.1) is 26.4 Å². The van der Waals surface area contributed by atoms with Gasteiger partial charge in [-0.25, -0.2) is 9.13 Å². The number of unbranched alkanes of at least 4 members (excludes halogenated alkanes) is 44. The third-order valence-electron chi connectivity index (χ3n) is 18.7. The molecule has 17 nitrogen and oxygen atoms in total. The number of carbonyl (C=O) groups is 4. The monoisotopic (exact) mass is 1440 g/mol. The summed E-state index contributed by atoms with van der Waals surface area (Å²) in [4.78, 5) is 72.9. The molecule has 0 aromatic rings. The molecule has 0 aromatic carbocycles. The molecule has 3 unspecified atom stereocenters. The third-order valence-corrected chi connectivity index (χ3v) is 20.6. The van der Waals surface area contributed by atoms with Crippen molar-refractivity contribution in [1.82, 2.24) is 0 Å². The van der Waals surface area contributed by atoms with E-state index in [1.165, 1.54) is 212 Å². The second-order valence-electron chi connectivity index (χ2n) is 29.6. The number of aliphatic hydroxyl groups is 1. The Balaban J connectivity index is 5.25. The van der Waals surface area contributed by atoms with Crippen LogP contribution in [-0.4, -0.2) is 96.7 Å². The topological polar surface area (TPSA) is 237 Å². The van der Waals surface area contributed by atoms with E-state index in [4.69, 9.17) is 37.0 Å². The van der Waals surface area contributed by atoms with E-state index in [0.29, 0.717) is 25.7 Å². The van der Waals surface area contributed by atoms with Gasteiger partial charge in [0.15, 0.2) is 12.2 Å². The number of hydrogen-bond acceptors (Lipinski definition) is 15. The van der Waals surface area contributed by atoms with Crippen LogP contribution in [0.25, 0.3) is 0 Å². The first-order chi connectivity index (χ1) is 47.3. The van der Waals surface area contributed by atoms with E-state index in [2.05, 4.69) is 48.5 Å². The number of carbonyl (C=O) groups excluding carboxylic acids is 4. The molecule has 0 aliphatic carbocycles. The molecule has 3 N–H and O–H groups in total. The van der Waals surface area contributed by atoms with Crippen LogP contribution in [0.5, 0.6) is 0 Å². The molecule has 0 aromatic heterocycles. The molecule has 0 spiro atoms. The first kappa shape index (κ1) is 96.1. The Hall–Kier alpha value is -1.94. The summed E-state index contributed by atoms with van der Waals surface area (Å²) in [6, 6.07) is 0. The van der Waals surface area contributed by atoms with Crippen molar-refractivity contribution in [3.63, 3.8) is 0 Å². The van der Waals surface area contributed by atoms with Crippen molar-refractivity contribution in [2.24, 2.45) is 17.8 Å². The van der Waals surface area contributed by atoms with E-state index >= 15 is 0 Å². The summed E-state index contributed by atoms with van der Waals surface area (Å²) in [6.07, 6.45) is 56.9. The largest absolute Gasteiger partial charge is 0.472 e. The lowest BCUT2D eigenvalue weighted by Gasteiger charge is -2.21. The minimum Gasteiger partial charge on any atom is -0.462 e. The fourth-order valence-corrected chi connectivity index (χ4v) is 13.7. The van der Waals surface area contributed by atoms with E-state index in [1.54, 1.807) is 0 Å². The average molecular weight is 1440 g/mol. The third kappa shape index (κ3) is 71.1. The predicted octanol–water partition coefficient (Wildman–Crippen LogP) is 23.4. The number of esters is 4. The van der Waals surface area contributed by atoms with Gasteiger partial charge in [0, 0.05) is 25.7 Å². The van der Waals surface area contributed by atoms with Crippen LogP contribution in [0.15, 0.2) is 0 Å². The molecular weight excluding hydrogens is 1280 g/mol. The zero-order valence-corrected chi connectivity index (χ0v) is 66.0. The normalized spacial score (nSPS) is 14.3. The minimum atomic E-state index is -4.96. The predicted molar refractivity (Wildman–Crippen MR) is 400 cm³/mol. The zero-order valence-electron chi connectivity index (χ0n) is 64.3. The Labute approximate surface area is 600 Å². The summed E-state index contributed by atoms with van der Waals surface area (Å²) in [6.45, 7) is 11.9. The van der Waals surface area contributed by atoms with Gasteiger partial charge in [0.2, 0.25) is 0 Å². The number of phosphoric acid groups is 2. The Morgan fingerprint density at radius 3 is 0.776 bits per heavy atom. The molecule has 6 atom stereocenters. The van der Waals surface area contributed by atoms with Crippen LogP contribution in [0, 0.1) is 17.8 Å². The van der Waals surface area contributed by atoms with Crippen LogP contribution < -0.4 is 0 Å². The van der Waals surface area contributed by atoms with Gasteiger partial charge in [-0.1, -0.05) is 357 Å². The maximum absolute atomic E-state index is 13.1. The highest BCUT2D eigenvalue weighted by molar-refractivity contribution is 7.47. The average Bonchev–Trinajstić information content (AvgIpc) is 0.973. The SMILES string of the molecule is CCCCCCCCCCCCCCCCCC(=O)OC[C@H](COP(=O)(O)OC[C@@H](O)COP(=O)(O)OC[C@@H](COC(=O)CCCCCCCCC(C)CC)OC(=O)CCCCCCCCCCCCCC(C)C)OC(=O)CCCCCCCCCCCCCCCCCCC(C)C. The van der Waals surface area contributed by atoms with Gasteiger partial charge < -0.3 is 33.8 Å². The molecule has 0 bridgehead atoms. The lowest BCUT2D eigenvalue weighted by atomic mass is 10.00. The maximum Gasteiger partial charge on any atom is 0.472 e. The first-order valence-corrected chi connectivity index (χ1v) is 43.9. The molecule has 0 rings (SSSR count). The fourth-order valence-electron chi connectivity index (χ4n) is 12.1.